The molecule has 15 nitrogen and oxygen atoms in total. The summed E-state index contributed by atoms with van der Waals surface area (Å²) in [4.78, 5) is 44.2. The Morgan fingerprint density at radius 1 is 0.144 bits per heavy atom. The van der Waals surface area contributed by atoms with Crippen molar-refractivity contribution in [3.05, 3.63) is 454 Å². The number of rotatable bonds is 12. The van der Waals surface area contributed by atoms with Crippen molar-refractivity contribution in [1.82, 2.24) is 72.3 Å². The molecule has 9 heterocycles. The lowest BCUT2D eigenvalue weighted by molar-refractivity contribution is 0.953. The lowest BCUT2D eigenvalue weighted by Gasteiger charge is -2.13. The first kappa shape index (κ1) is 58.1. The number of hydrogen-bond donors (Lipinski definition) is 0. The van der Waals surface area contributed by atoms with E-state index in [9.17, 15) is 0 Å². The van der Waals surface area contributed by atoms with Crippen LogP contribution >= 0.6 is 0 Å². The largest absolute Gasteiger partial charge is 0.307 e. The van der Waals surface area contributed by atoms with Crippen LogP contribution in [0.5, 0.6) is 0 Å². The van der Waals surface area contributed by atoms with E-state index in [1.165, 1.54) is 0 Å². The van der Waals surface area contributed by atoms with Gasteiger partial charge in [0.25, 0.3) is 0 Å². The van der Waals surface area contributed by atoms with E-state index in [1.807, 2.05) is 276 Å². The summed E-state index contributed by atoms with van der Waals surface area (Å²) in [5.41, 5.74) is 12.8. The average molecular weight is 1710 g/mol. The minimum absolute atomic E-state index is 0.0115. The van der Waals surface area contributed by atoms with Crippen LogP contribution in [0, 0.1) is 0 Å². The minimum atomic E-state index is -0.545. The van der Waals surface area contributed by atoms with Gasteiger partial charge in [0.15, 0.2) is 34.9 Å². The molecule has 0 N–H and O–H groups in total. The van der Waals surface area contributed by atoms with Crippen molar-refractivity contribution in [3.8, 4) is 103 Å². The average Bonchev–Trinajstić information content (AvgIpc) is 1.54. The molecule has 0 aliphatic carbocycles. The zero-order chi connectivity index (χ0) is 105. The predicted molar refractivity (Wildman–Crippen MR) is 538 cm³/mol. The SMILES string of the molecule is [2H]c1c([2H])c([2H])c(-c2nc(-c3ccccc3)nc(-n3c4ccccc4c4ccc5c6ccccc6n(-c6c([2H])c([2H])c([2H])c([2H])c6[2H])c5c43)n2)c([2H])c1[2H].[2H]c1c([2H])c([2H])c(-c2nc(-c3ccccc3)nc(-n3c4ccccc4c4ccc5c6ccccc6n(-c6ccccc6)c5c43)n2)c([2H])c1[2H].[2H]c1c([2H])c([2H])c(-n2c3ccccc3c3ccc4c5ccccc5n(-c5nc(-c6ccccc6)nc(-c6ccccc6)n5)c4c32)c([2H])c1[2H]. The second-order valence-electron chi connectivity index (χ2n) is 31.3. The quantitative estimate of drug-likeness (QED) is 0.117. The Kier molecular flexibility index (Phi) is 14.1. The fourth-order valence-corrected chi connectivity index (χ4v) is 18.4. The molecule has 0 radical (unpaired) electrons. The highest BCUT2D eigenvalue weighted by molar-refractivity contribution is 6.27. The van der Waals surface area contributed by atoms with Crippen molar-refractivity contribution < 1.29 is 27.4 Å². The van der Waals surface area contributed by atoms with Crippen molar-refractivity contribution in [2.24, 2.45) is 0 Å². The zero-order valence-electron chi connectivity index (χ0n) is 89.5. The first-order valence-electron chi connectivity index (χ1n) is 52.5. The van der Waals surface area contributed by atoms with Gasteiger partial charge in [0, 0.05) is 115 Å². The fourth-order valence-electron chi connectivity index (χ4n) is 18.4. The van der Waals surface area contributed by atoms with Gasteiger partial charge in [-0.3, -0.25) is 13.7 Å². The molecule has 27 rings (SSSR count). The summed E-state index contributed by atoms with van der Waals surface area (Å²) in [5.74, 6) is 2.09. The van der Waals surface area contributed by atoms with Gasteiger partial charge in [-0.1, -0.05) is 382 Å². The smallest absolute Gasteiger partial charge is 0.238 e. The molecule has 18 aromatic carbocycles. The highest BCUT2D eigenvalue weighted by atomic mass is 15.2. The molecule has 0 atom stereocenters. The first-order chi connectivity index (χ1) is 73.8. The molecule has 0 aliphatic rings. The first-order valence-corrected chi connectivity index (χ1v) is 42.5. The Morgan fingerprint density at radius 2 is 0.333 bits per heavy atom. The Morgan fingerprint density at radius 3 is 0.583 bits per heavy atom. The van der Waals surface area contributed by atoms with Crippen LogP contribution in [0.25, 0.3) is 234 Å². The van der Waals surface area contributed by atoms with Crippen LogP contribution in [-0.2, 0) is 0 Å². The fraction of sp³-hybridized carbons (Fsp3) is 0. The van der Waals surface area contributed by atoms with Gasteiger partial charge < -0.3 is 13.7 Å². The van der Waals surface area contributed by atoms with Crippen molar-refractivity contribution >= 4 is 131 Å². The van der Waals surface area contributed by atoms with Gasteiger partial charge in [-0.05, 0) is 72.7 Å². The summed E-state index contributed by atoms with van der Waals surface area (Å²) in [7, 11) is 0. The van der Waals surface area contributed by atoms with E-state index < -0.39 is 84.6 Å². The molecule has 132 heavy (non-hydrogen) atoms. The summed E-state index contributed by atoms with van der Waals surface area (Å²) in [6.07, 6.45) is 0. The molecule has 0 amide bonds. The summed E-state index contributed by atoms with van der Waals surface area (Å²) < 4.78 is 183. The third kappa shape index (κ3) is 12.8. The molecule has 0 unspecified atom stereocenters. The van der Waals surface area contributed by atoms with Gasteiger partial charge >= 0.3 is 0 Å². The molecular formula is C117H75N15. The monoisotopic (exact) mass is 1710 g/mol. The zero-order valence-corrected chi connectivity index (χ0v) is 69.5. The van der Waals surface area contributed by atoms with Crippen LogP contribution in [0.3, 0.4) is 0 Å². The normalized spacial score (nSPS) is 13.8. The molecule has 9 aromatic heterocycles. The van der Waals surface area contributed by atoms with E-state index in [2.05, 4.69) is 64.1 Å². The molecule has 0 saturated heterocycles. The molecule has 0 aliphatic heterocycles. The minimum Gasteiger partial charge on any atom is -0.307 e. The maximum atomic E-state index is 9.02. The molecule has 0 fully saturated rings. The van der Waals surface area contributed by atoms with Crippen LogP contribution in [-0.4, -0.2) is 72.3 Å². The predicted octanol–water partition coefficient (Wildman–Crippen LogP) is 28.2. The summed E-state index contributed by atoms with van der Waals surface area (Å²) >= 11 is 0. The number of benzene rings is 18. The Balaban J connectivity index is 0.000000118. The van der Waals surface area contributed by atoms with Crippen LogP contribution in [0.15, 0.2) is 454 Å². The molecule has 15 heteroatoms. The topological polar surface area (TPSA) is 146 Å². The van der Waals surface area contributed by atoms with E-state index in [0.717, 1.165) is 115 Å². The lowest BCUT2D eigenvalue weighted by Crippen LogP contribution is -2.07. The second-order valence-corrected chi connectivity index (χ2v) is 31.3. The third-order valence-corrected chi connectivity index (χ3v) is 23.9. The van der Waals surface area contributed by atoms with E-state index in [1.54, 1.807) is 25.8 Å². The molecule has 27 aromatic rings. The maximum absolute atomic E-state index is 9.02. The number of fused-ring (bicyclic) bond motifs is 21. The van der Waals surface area contributed by atoms with Crippen molar-refractivity contribution in [1.29, 1.82) is 0 Å². The molecule has 0 spiro atoms. The Hall–Kier alpha value is -18.2. The second kappa shape index (κ2) is 32.0. The Labute approximate surface area is 784 Å². The van der Waals surface area contributed by atoms with E-state index in [0.29, 0.717) is 67.6 Å². The molecule has 0 saturated carbocycles. The number of para-hydroxylation sites is 9. The van der Waals surface area contributed by atoms with Crippen molar-refractivity contribution in [2.75, 3.05) is 0 Å². The van der Waals surface area contributed by atoms with Crippen LogP contribution < -0.4 is 0 Å². The number of aromatic nitrogens is 15. The Bertz CT molecular complexity index is 10300. The number of nitrogens with zero attached hydrogens (tertiary/aromatic N) is 15. The van der Waals surface area contributed by atoms with Crippen LogP contribution in [0.2, 0.25) is 0 Å². The van der Waals surface area contributed by atoms with Gasteiger partial charge in [-0.15, -0.1) is 0 Å². The van der Waals surface area contributed by atoms with E-state index in [4.69, 9.17) is 67.3 Å². The summed E-state index contributed by atoms with van der Waals surface area (Å²) in [5, 5.41) is 10.8. The molecule has 618 valence electrons. The number of hydrogen-bond acceptors (Lipinski definition) is 9. The van der Waals surface area contributed by atoms with Gasteiger partial charge in [-0.2, -0.15) is 29.9 Å². The van der Waals surface area contributed by atoms with Gasteiger partial charge in [-0.25, -0.2) is 15.0 Å². The van der Waals surface area contributed by atoms with E-state index in [-0.39, 0.29) is 88.1 Å². The summed E-state index contributed by atoms with van der Waals surface area (Å²) in [6.45, 7) is 0. The summed E-state index contributed by atoms with van der Waals surface area (Å²) in [6, 6.07) is 99.1. The van der Waals surface area contributed by atoms with Gasteiger partial charge in [0.2, 0.25) is 17.8 Å². The van der Waals surface area contributed by atoms with Crippen molar-refractivity contribution in [2.45, 2.75) is 0 Å². The van der Waals surface area contributed by atoms with Gasteiger partial charge in [0.05, 0.1) is 93.6 Å². The highest BCUT2D eigenvalue weighted by Crippen LogP contribution is 2.47. The maximum Gasteiger partial charge on any atom is 0.238 e. The van der Waals surface area contributed by atoms with Crippen LogP contribution in [0.1, 0.15) is 27.4 Å². The van der Waals surface area contributed by atoms with E-state index >= 15 is 0 Å². The standard InChI is InChI=1S/3C39H25N5/c3*1-4-14-26(15-5-1)37-40-38(27-16-6-2-7-17-27)42-39(41-37)44-34-23-13-11-21-30(34)32-25-24-31-29-20-10-12-22-33(29)43(35(31)36(32)44)28-18-8-3-9-19-28/h3*1-25H/i1D,3D,4D,5D,8D,9D,14D,15D,18D,19D;3D,8D,9D,18D,19D;1D,4D,5D,14D,15D. The van der Waals surface area contributed by atoms with Gasteiger partial charge in [0.1, 0.15) is 0 Å². The van der Waals surface area contributed by atoms with Crippen LogP contribution in [0.4, 0.5) is 0 Å². The molecular weight excluding hydrogens is 1620 g/mol. The van der Waals surface area contributed by atoms with Crippen molar-refractivity contribution in [3.63, 3.8) is 0 Å². The lowest BCUT2D eigenvalue weighted by atomic mass is 10.1. The molecule has 0 bridgehead atoms. The third-order valence-electron chi connectivity index (χ3n) is 23.9. The highest BCUT2D eigenvalue weighted by Gasteiger charge is 2.29.